The fraction of sp³-hybridized carbons (Fsp3) is 0.269. The van der Waals surface area contributed by atoms with Gasteiger partial charge in [0.15, 0.2) is 0 Å². The summed E-state index contributed by atoms with van der Waals surface area (Å²) in [5.41, 5.74) is 10.1. The quantitative estimate of drug-likeness (QED) is 0.0505. The zero-order valence-electron chi connectivity index (χ0n) is 35.3. The van der Waals surface area contributed by atoms with E-state index in [1.807, 2.05) is 173 Å². The highest BCUT2D eigenvalue weighted by Gasteiger charge is 2.39. The predicted octanol–water partition coefficient (Wildman–Crippen LogP) is 9.23. The molecule has 0 aliphatic heterocycles. The Morgan fingerprint density at radius 2 is 0.700 bits per heavy atom. The van der Waals surface area contributed by atoms with Crippen LogP contribution in [0.3, 0.4) is 0 Å². The van der Waals surface area contributed by atoms with Gasteiger partial charge in [0.1, 0.15) is 0 Å². The van der Waals surface area contributed by atoms with Crippen LogP contribution in [-0.4, -0.2) is 50.7 Å². The van der Waals surface area contributed by atoms with Crippen LogP contribution in [0.2, 0.25) is 0 Å². The van der Waals surface area contributed by atoms with Crippen molar-refractivity contribution in [2.24, 2.45) is 0 Å². The summed E-state index contributed by atoms with van der Waals surface area (Å²) < 4.78 is 25.3. The van der Waals surface area contributed by atoms with Gasteiger partial charge in [-0.25, -0.2) is 9.59 Å². The molecule has 0 radical (unpaired) electrons. The molecular formula is C52H56N2O6. The number of carbonyl (C=O) groups is 2. The maximum Gasteiger partial charge on any atom is 0.419 e. The summed E-state index contributed by atoms with van der Waals surface area (Å²) in [6.45, 7) is 8.36. The molecule has 8 nitrogen and oxygen atoms in total. The smallest absolute Gasteiger partial charge is 0.419 e. The van der Waals surface area contributed by atoms with E-state index in [1.165, 1.54) is 0 Å². The van der Waals surface area contributed by atoms with Gasteiger partial charge >= 0.3 is 11.9 Å². The molecule has 0 saturated heterocycles. The van der Waals surface area contributed by atoms with Crippen LogP contribution < -0.4 is 10.6 Å². The lowest BCUT2D eigenvalue weighted by Crippen LogP contribution is -2.49. The zero-order chi connectivity index (χ0) is 42.4. The molecule has 0 saturated carbocycles. The monoisotopic (exact) mass is 804 g/mol. The van der Waals surface area contributed by atoms with E-state index in [9.17, 15) is 9.59 Å². The molecule has 0 heterocycles. The molecule has 8 heteroatoms. The first-order valence-electron chi connectivity index (χ1n) is 20.5. The molecule has 310 valence electrons. The van der Waals surface area contributed by atoms with Gasteiger partial charge in [0.25, 0.3) is 0 Å². The van der Waals surface area contributed by atoms with E-state index in [4.69, 9.17) is 18.9 Å². The molecular weight excluding hydrogens is 749 g/mol. The molecule has 2 N–H and O–H groups in total. The molecule has 0 fully saturated rings. The molecule has 0 aliphatic carbocycles. The molecule has 4 unspecified atom stereocenters. The highest BCUT2D eigenvalue weighted by Crippen LogP contribution is 2.33. The Kier molecular flexibility index (Phi) is 15.6. The van der Waals surface area contributed by atoms with Crippen molar-refractivity contribution in [3.63, 3.8) is 0 Å². The summed E-state index contributed by atoms with van der Waals surface area (Å²) >= 11 is 0. The van der Waals surface area contributed by atoms with Crippen LogP contribution in [0, 0.1) is 27.7 Å². The van der Waals surface area contributed by atoms with E-state index >= 15 is 0 Å². The lowest BCUT2D eigenvalue weighted by atomic mass is 9.84. The van der Waals surface area contributed by atoms with Crippen LogP contribution in [0.1, 0.15) is 67.5 Å². The van der Waals surface area contributed by atoms with Crippen molar-refractivity contribution in [1.82, 2.24) is 10.6 Å². The second kappa shape index (κ2) is 21.4. The Bertz CT molecular complexity index is 1990. The van der Waals surface area contributed by atoms with Crippen molar-refractivity contribution in [2.45, 2.75) is 77.4 Å². The third-order valence-corrected chi connectivity index (χ3v) is 10.6. The molecule has 4 atom stereocenters. The highest BCUT2D eigenvalue weighted by molar-refractivity contribution is 6.29. The predicted molar refractivity (Wildman–Crippen MR) is 236 cm³/mol. The third kappa shape index (κ3) is 11.6. The van der Waals surface area contributed by atoms with E-state index in [0.29, 0.717) is 0 Å². The van der Waals surface area contributed by atoms with Crippen LogP contribution in [0.15, 0.2) is 158 Å². The maximum atomic E-state index is 14.2. The van der Waals surface area contributed by atoms with Crippen molar-refractivity contribution < 1.29 is 28.5 Å². The average Bonchev–Trinajstić information content (AvgIpc) is 3.25. The molecule has 60 heavy (non-hydrogen) atoms. The van der Waals surface area contributed by atoms with Crippen LogP contribution in [0.5, 0.6) is 0 Å². The van der Waals surface area contributed by atoms with Crippen molar-refractivity contribution in [3.05, 3.63) is 213 Å². The summed E-state index contributed by atoms with van der Waals surface area (Å²) in [7, 11) is 3.59. The van der Waals surface area contributed by atoms with Gasteiger partial charge < -0.3 is 29.6 Å². The van der Waals surface area contributed by atoms with E-state index in [2.05, 4.69) is 22.8 Å². The molecule has 6 rings (SSSR count). The van der Waals surface area contributed by atoms with Gasteiger partial charge in [-0.2, -0.15) is 0 Å². The number of hydrogen-bond acceptors (Lipinski definition) is 8. The lowest BCUT2D eigenvalue weighted by molar-refractivity contribution is -0.213. The standard InChI is InChI=1S/C52H56N2O6/c1-35-27-36(2)30-39(29-35)33-57-51(47(53-5)45(41-19-11-7-12-20-41)42-21-13-8-14-22-42)59-49(55)50(56)60-52(58-34-40-31-37(3)28-38(4)32-40)48(54-6)46(43-23-15-9-16-24-43)44-25-17-10-18-26-44/h7-32,45-48,51-54H,33-34H2,1-6H3. The molecule has 0 bridgehead atoms. The Morgan fingerprint density at radius 3 is 0.950 bits per heavy atom. The minimum atomic E-state index is -1.22. The van der Waals surface area contributed by atoms with Gasteiger partial charge in [0, 0.05) is 11.8 Å². The van der Waals surface area contributed by atoms with E-state index in [0.717, 1.165) is 55.6 Å². The molecule has 0 aromatic heterocycles. The SMILES string of the molecule is CNC(C(OCc1cc(C)cc(C)c1)OC(=O)C(=O)OC(OCc1cc(C)cc(C)c1)C(NC)C(c1ccccc1)c1ccccc1)C(c1ccccc1)c1ccccc1. The third-order valence-electron chi connectivity index (χ3n) is 10.6. The van der Waals surface area contributed by atoms with E-state index in [1.54, 1.807) is 14.1 Å². The molecule has 6 aromatic carbocycles. The zero-order valence-corrected chi connectivity index (χ0v) is 35.3. The van der Waals surface area contributed by atoms with Gasteiger partial charge in [-0.05, 0) is 75.2 Å². The number of carbonyl (C=O) groups excluding carboxylic acids is 2. The topological polar surface area (TPSA) is 95.1 Å². The number of aryl methyl sites for hydroxylation is 4. The lowest BCUT2D eigenvalue weighted by Gasteiger charge is -2.34. The van der Waals surface area contributed by atoms with Crippen LogP contribution in [0.25, 0.3) is 0 Å². The Morgan fingerprint density at radius 1 is 0.433 bits per heavy atom. The van der Waals surface area contributed by atoms with Gasteiger partial charge in [-0.3, -0.25) is 0 Å². The van der Waals surface area contributed by atoms with E-state index in [-0.39, 0.29) is 25.0 Å². The van der Waals surface area contributed by atoms with Gasteiger partial charge in [0.2, 0.25) is 12.6 Å². The fourth-order valence-corrected chi connectivity index (χ4v) is 8.17. The second-order valence-corrected chi connectivity index (χ2v) is 15.4. The first kappa shape index (κ1) is 43.7. The summed E-state index contributed by atoms with van der Waals surface area (Å²) in [5.74, 6) is -3.06. The van der Waals surface area contributed by atoms with Crippen LogP contribution in [-0.2, 0) is 41.8 Å². The fourth-order valence-electron chi connectivity index (χ4n) is 8.17. The number of hydrogen-bond donors (Lipinski definition) is 2. The number of rotatable bonds is 18. The molecule has 0 aliphatic rings. The molecule has 0 amide bonds. The number of ether oxygens (including phenoxy) is 4. The molecule has 0 spiro atoms. The average molecular weight is 805 g/mol. The summed E-state index contributed by atoms with van der Waals surface area (Å²) in [5, 5.41) is 6.76. The van der Waals surface area contributed by atoms with E-state index < -0.39 is 36.6 Å². The number of benzene rings is 6. The van der Waals surface area contributed by atoms with Gasteiger partial charge in [-0.15, -0.1) is 0 Å². The summed E-state index contributed by atoms with van der Waals surface area (Å²) in [6, 6.07) is 50.9. The Labute approximate surface area is 354 Å². The largest absolute Gasteiger partial charge is 0.426 e. The van der Waals surface area contributed by atoms with Crippen molar-refractivity contribution >= 4 is 11.9 Å². The number of nitrogens with one attached hydrogen (secondary N) is 2. The van der Waals surface area contributed by atoms with Crippen molar-refractivity contribution in [2.75, 3.05) is 14.1 Å². The van der Waals surface area contributed by atoms with Gasteiger partial charge in [0.05, 0.1) is 25.3 Å². The normalized spacial score (nSPS) is 13.4. The highest BCUT2D eigenvalue weighted by atomic mass is 16.7. The van der Waals surface area contributed by atoms with Crippen LogP contribution >= 0.6 is 0 Å². The Hall–Kier alpha value is -5.90. The first-order chi connectivity index (χ1) is 29.1. The first-order valence-corrected chi connectivity index (χ1v) is 20.5. The van der Waals surface area contributed by atoms with Gasteiger partial charge in [-0.1, -0.05) is 180 Å². The second-order valence-electron chi connectivity index (χ2n) is 15.4. The van der Waals surface area contributed by atoms with Crippen molar-refractivity contribution in [3.8, 4) is 0 Å². The number of likely N-dealkylation sites (N-methyl/N-ethyl adjacent to an activating group) is 2. The van der Waals surface area contributed by atoms with Crippen LogP contribution in [0.4, 0.5) is 0 Å². The Balaban J connectivity index is 1.34. The number of esters is 2. The molecule has 6 aromatic rings. The minimum absolute atomic E-state index is 0.128. The van der Waals surface area contributed by atoms with Crippen molar-refractivity contribution in [1.29, 1.82) is 0 Å². The summed E-state index contributed by atoms with van der Waals surface area (Å²) in [4.78, 5) is 28.5. The maximum absolute atomic E-state index is 14.2. The summed E-state index contributed by atoms with van der Waals surface area (Å²) in [6.07, 6.45) is -2.45. The minimum Gasteiger partial charge on any atom is -0.426 e.